The van der Waals surface area contributed by atoms with Gasteiger partial charge in [-0.1, -0.05) is 76.6 Å². The van der Waals surface area contributed by atoms with E-state index in [1.54, 1.807) is 0 Å². The van der Waals surface area contributed by atoms with Crippen molar-refractivity contribution in [2.45, 2.75) is 0 Å². The zero-order valence-corrected chi connectivity index (χ0v) is 14.7. The van der Waals surface area contributed by atoms with Crippen molar-refractivity contribution in [1.82, 2.24) is 15.2 Å². The molecule has 0 spiro atoms. The molecule has 0 saturated heterocycles. The SMILES string of the molecule is Brc1cccc(-c2nnc3c4ccccc4c4ccccc4c3n2)c1. The van der Waals surface area contributed by atoms with Gasteiger partial charge in [0.05, 0.1) is 0 Å². The smallest absolute Gasteiger partial charge is 0.182 e. The van der Waals surface area contributed by atoms with Gasteiger partial charge in [-0.05, 0) is 22.9 Å². The monoisotopic (exact) mass is 385 g/mol. The minimum absolute atomic E-state index is 0.634. The number of hydrogen-bond donors (Lipinski definition) is 0. The van der Waals surface area contributed by atoms with Crippen LogP contribution in [0.15, 0.2) is 77.3 Å². The van der Waals surface area contributed by atoms with E-state index in [0.29, 0.717) is 5.82 Å². The summed E-state index contributed by atoms with van der Waals surface area (Å²) in [7, 11) is 0. The molecule has 0 unspecified atom stereocenters. The Morgan fingerprint density at radius 1 is 0.600 bits per heavy atom. The summed E-state index contributed by atoms with van der Waals surface area (Å²) in [5.41, 5.74) is 2.67. The van der Waals surface area contributed by atoms with Gasteiger partial charge in [-0.25, -0.2) is 4.98 Å². The fourth-order valence-electron chi connectivity index (χ4n) is 3.29. The molecule has 0 aliphatic heterocycles. The second-order valence-electron chi connectivity index (χ2n) is 5.93. The fourth-order valence-corrected chi connectivity index (χ4v) is 3.69. The van der Waals surface area contributed by atoms with Gasteiger partial charge in [0.2, 0.25) is 0 Å². The zero-order chi connectivity index (χ0) is 16.8. The largest absolute Gasteiger partial charge is 0.224 e. The molecule has 0 fully saturated rings. The molecule has 25 heavy (non-hydrogen) atoms. The van der Waals surface area contributed by atoms with Gasteiger partial charge in [0.1, 0.15) is 11.0 Å². The van der Waals surface area contributed by atoms with Crippen LogP contribution < -0.4 is 0 Å². The third-order valence-electron chi connectivity index (χ3n) is 4.42. The number of benzene rings is 4. The lowest BCUT2D eigenvalue weighted by Crippen LogP contribution is -1.96. The van der Waals surface area contributed by atoms with Crippen molar-refractivity contribution >= 4 is 48.5 Å². The number of nitrogens with zero attached hydrogens (tertiary/aromatic N) is 3. The van der Waals surface area contributed by atoms with Gasteiger partial charge < -0.3 is 0 Å². The molecule has 0 amide bonds. The van der Waals surface area contributed by atoms with Gasteiger partial charge in [0.15, 0.2) is 5.82 Å². The zero-order valence-electron chi connectivity index (χ0n) is 13.1. The van der Waals surface area contributed by atoms with E-state index in [0.717, 1.165) is 31.8 Å². The maximum atomic E-state index is 4.87. The van der Waals surface area contributed by atoms with Gasteiger partial charge in [-0.2, -0.15) is 0 Å². The maximum absolute atomic E-state index is 4.87. The molecule has 5 rings (SSSR count). The average Bonchev–Trinajstić information content (AvgIpc) is 2.68. The van der Waals surface area contributed by atoms with E-state index in [2.05, 4.69) is 62.5 Å². The second kappa shape index (κ2) is 5.60. The molecule has 0 aliphatic carbocycles. The van der Waals surface area contributed by atoms with Crippen LogP contribution in [0.5, 0.6) is 0 Å². The van der Waals surface area contributed by atoms with Gasteiger partial charge in [0, 0.05) is 20.8 Å². The number of aromatic nitrogens is 3. The lowest BCUT2D eigenvalue weighted by molar-refractivity contribution is 1.04. The average molecular weight is 386 g/mol. The summed E-state index contributed by atoms with van der Waals surface area (Å²) in [4.78, 5) is 4.87. The molecule has 5 aromatic rings. The van der Waals surface area contributed by atoms with Crippen LogP contribution in [0.1, 0.15) is 0 Å². The molecule has 3 nitrogen and oxygen atoms in total. The molecule has 0 N–H and O–H groups in total. The van der Waals surface area contributed by atoms with Crippen LogP contribution in [0.3, 0.4) is 0 Å². The first-order chi connectivity index (χ1) is 12.3. The molecule has 0 saturated carbocycles. The van der Waals surface area contributed by atoms with Crippen molar-refractivity contribution in [2.24, 2.45) is 0 Å². The van der Waals surface area contributed by atoms with E-state index in [1.807, 2.05) is 36.4 Å². The van der Waals surface area contributed by atoms with Gasteiger partial charge in [0.25, 0.3) is 0 Å². The van der Waals surface area contributed by atoms with Crippen molar-refractivity contribution in [3.8, 4) is 11.4 Å². The Morgan fingerprint density at radius 2 is 1.24 bits per heavy atom. The van der Waals surface area contributed by atoms with Gasteiger partial charge in [-0.3, -0.25) is 0 Å². The minimum Gasteiger partial charge on any atom is -0.224 e. The molecular weight excluding hydrogens is 374 g/mol. The first-order valence-electron chi connectivity index (χ1n) is 8.01. The maximum Gasteiger partial charge on any atom is 0.182 e. The molecule has 1 heterocycles. The fraction of sp³-hybridized carbons (Fsp3) is 0. The Kier molecular flexibility index (Phi) is 3.25. The third-order valence-corrected chi connectivity index (χ3v) is 4.92. The summed E-state index contributed by atoms with van der Waals surface area (Å²) >= 11 is 3.51. The van der Waals surface area contributed by atoms with Gasteiger partial charge >= 0.3 is 0 Å². The molecular formula is C21H12BrN3. The van der Waals surface area contributed by atoms with Crippen LogP contribution in [0.25, 0.3) is 44.0 Å². The second-order valence-corrected chi connectivity index (χ2v) is 6.85. The molecule has 0 bridgehead atoms. The van der Waals surface area contributed by atoms with Crippen LogP contribution in [0, 0.1) is 0 Å². The Hall–Kier alpha value is -2.85. The molecule has 1 aromatic heterocycles. The quantitative estimate of drug-likeness (QED) is 0.344. The predicted octanol–water partition coefficient (Wildman–Crippen LogP) is 5.76. The molecule has 4 heteroatoms. The summed E-state index contributed by atoms with van der Waals surface area (Å²) < 4.78 is 0.997. The van der Waals surface area contributed by atoms with Crippen molar-refractivity contribution in [3.05, 3.63) is 77.3 Å². The molecule has 4 aromatic carbocycles. The summed E-state index contributed by atoms with van der Waals surface area (Å²) in [6.07, 6.45) is 0. The normalized spacial score (nSPS) is 11.4. The van der Waals surface area contributed by atoms with Crippen LogP contribution in [-0.2, 0) is 0 Å². The summed E-state index contributed by atoms with van der Waals surface area (Å²) in [5.74, 6) is 0.634. The van der Waals surface area contributed by atoms with Crippen LogP contribution in [0.4, 0.5) is 0 Å². The summed E-state index contributed by atoms with van der Waals surface area (Å²) in [6, 6.07) is 24.6. The number of fused-ring (bicyclic) bond motifs is 6. The van der Waals surface area contributed by atoms with E-state index in [9.17, 15) is 0 Å². The van der Waals surface area contributed by atoms with Gasteiger partial charge in [-0.15, -0.1) is 10.2 Å². The van der Waals surface area contributed by atoms with Crippen LogP contribution in [0.2, 0.25) is 0 Å². The van der Waals surface area contributed by atoms with Crippen molar-refractivity contribution in [3.63, 3.8) is 0 Å². The van der Waals surface area contributed by atoms with E-state index in [-0.39, 0.29) is 0 Å². The van der Waals surface area contributed by atoms with Crippen LogP contribution >= 0.6 is 15.9 Å². The minimum atomic E-state index is 0.634. The van der Waals surface area contributed by atoms with E-state index >= 15 is 0 Å². The molecule has 0 aliphatic rings. The van der Waals surface area contributed by atoms with Crippen molar-refractivity contribution in [1.29, 1.82) is 0 Å². The molecule has 0 radical (unpaired) electrons. The van der Waals surface area contributed by atoms with E-state index in [4.69, 9.17) is 4.98 Å². The first-order valence-corrected chi connectivity index (χ1v) is 8.80. The Labute approximate surface area is 152 Å². The number of hydrogen-bond acceptors (Lipinski definition) is 3. The first kappa shape index (κ1) is 14.5. The topological polar surface area (TPSA) is 38.7 Å². The highest BCUT2D eigenvalue weighted by Crippen LogP contribution is 2.33. The lowest BCUT2D eigenvalue weighted by atomic mass is 10.00. The predicted molar refractivity (Wildman–Crippen MR) is 105 cm³/mol. The summed E-state index contributed by atoms with van der Waals surface area (Å²) in [6.45, 7) is 0. The molecule has 0 atom stereocenters. The van der Waals surface area contributed by atoms with E-state index in [1.165, 1.54) is 10.8 Å². The van der Waals surface area contributed by atoms with Crippen molar-refractivity contribution in [2.75, 3.05) is 0 Å². The number of rotatable bonds is 1. The molecule has 118 valence electrons. The lowest BCUT2D eigenvalue weighted by Gasteiger charge is -2.09. The Bertz CT molecular complexity index is 1230. The van der Waals surface area contributed by atoms with Crippen LogP contribution in [-0.4, -0.2) is 15.2 Å². The standard InChI is InChI=1S/C21H12BrN3/c22-14-7-5-6-13(12-14)21-23-19-17-10-3-1-8-15(17)16-9-2-4-11-18(16)20(19)24-25-21/h1-12H. The highest BCUT2D eigenvalue weighted by Gasteiger charge is 2.12. The Balaban J connectivity index is 1.93. The number of halogens is 1. The highest BCUT2D eigenvalue weighted by molar-refractivity contribution is 9.10. The third kappa shape index (κ3) is 2.29. The van der Waals surface area contributed by atoms with E-state index < -0.39 is 0 Å². The summed E-state index contributed by atoms with van der Waals surface area (Å²) in [5, 5.41) is 13.5. The van der Waals surface area contributed by atoms with Crippen molar-refractivity contribution < 1.29 is 0 Å². The Morgan fingerprint density at radius 3 is 1.92 bits per heavy atom. The highest BCUT2D eigenvalue weighted by atomic mass is 79.9.